The molecule has 1 saturated heterocycles. The lowest BCUT2D eigenvalue weighted by Gasteiger charge is -2.32. The number of benzene rings is 1. The Kier molecular flexibility index (Phi) is 5.59. The lowest BCUT2D eigenvalue weighted by atomic mass is 9.84. The van der Waals surface area contributed by atoms with E-state index in [2.05, 4.69) is 22.4 Å². The van der Waals surface area contributed by atoms with E-state index in [-0.39, 0.29) is 11.9 Å². The van der Waals surface area contributed by atoms with Gasteiger partial charge in [0.1, 0.15) is 11.3 Å². The van der Waals surface area contributed by atoms with E-state index in [0.717, 1.165) is 35.2 Å². The number of amides is 1. The SMILES string of the molecule is CC(=O)N[C@H]1CCc2cc(-n3c(-c4cccnc4N)nc4ccc(B5OC(C)(C)C(C)(C)O5)nc43)ccc21. The number of aromatic nitrogens is 4. The summed E-state index contributed by atoms with van der Waals surface area (Å²) in [6.45, 7) is 9.66. The molecule has 0 unspecified atom stereocenters. The van der Waals surface area contributed by atoms with E-state index in [1.165, 1.54) is 5.56 Å². The number of aryl methyl sites for hydroxylation is 1. The van der Waals surface area contributed by atoms with E-state index < -0.39 is 18.3 Å². The molecule has 0 bridgehead atoms. The molecule has 1 aliphatic carbocycles. The highest BCUT2D eigenvalue weighted by molar-refractivity contribution is 6.61. The van der Waals surface area contributed by atoms with E-state index >= 15 is 0 Å². The summed E-state index contributed by atoms with van der Waals surface area (Å²) in [5.74, 6) is 1.02. The molecule has 10 heteroatoms. The summed E-state index contributed by atoms with van der Waals surface area (Å²) >= 11 is 0. The molecule has 6 rings (SSSR count). The lowest BCUT2D eigenvalue weighted by Crippen LogP contribution is -2.41. The Hall–Kier alpha value is -3.76. The maximum Gasteiger partial charge on any atom is 0.514 e. The van der Waals surface area contributed by atoms with Crippen molar-refractivity contribution < 1.29 is 14.1 Å². The van der Waals surface area contributed by atoms with Gasteiger partial charge in [-0.15, -0.1) is 0 Å². The number of nitrogens with zero attached hydrogens (tertiary/aromatic N) is 4. The van der Waals surface area contributed by atoms with Crippen molar-refractivity contribution >= 4 is 35.6 Å². The predicted molar refractivity (Wildman–Crippen MR) is 147 cm³/mol. The van der Waals surface area contributed by atoms with Crippen LogP contribution in [0.1, 0.15) is 58.2 Å². The molecule has 3 aromatic heterocycles. The summed E-state index contributed by atoms with van der Waals surface area (Å²) in [7, 11) is -0.599. The molecule has 9 nitrogen and oxygen atoms in total. The van der Waals surface area contributed by atoms with Crippen molar-refractivity contribution in [2.45, 2.75) is 64.7 Å². The zero-order valence-electron chi connectivity index (χ0n) is 22.3. The van der Waals surface area contributed by atoms with Gasteiger partial charge in [0, 0.05) is 18.8 Å². The average Bonchev–Trinajstić information content (AvgIpc) is 3.49. The predicted octanol–water partition coefficient (Wildman–Crippen LogP) is 3.49. The number of rotatable bonds is 4. The first kappa shape index (κ1) is 24.6. The number of hydrogen-bond donors (Lipinski definition) is 2. The maximum absolute atomic E-state index is 11.7. The van der Waals surface area contributed by atoms with E-state index in [0.29, 0.717) is 22.9 Å². The average molecular weight is 510 g/mol. The molecule has 0 saturated carbocycles. The summed E-state index contributed by atoms with van der Waals surface area (Å²) in [6.07, 6.45) is 3.41. The van der Waals surface area contributed by atoms with Crippen LogP contribution in [0.15, 0.2) is 48.7 Å². The Morgan fingerprint density at radius 1 is 1.11 bits per heavy atom. The number of pyridine rings is 2. The second-order valence-corrected chi connectivity index (χ2v) is 11.0. The van der Waals surface area contributed by atoms with Crippen molar-refractivity contribution in [3.05, 3.63) is 59.8 Å². The molecular weight excluding hydrogens is 479 g/mol. The molecule has 1 aliphatic heterocycles. The first-order chi connectivity index (χ1) is 18.0. The standard InChI is InChI=1S/C28H31BN6O3/c1-16(36)32-21-11-8-17-15-18(9-10-19(17)21)35-25(20-7-6-14-31-24(20)30)33-22-12-13-23(34-26(22)35)29-37-27(2,3)28(4,5)38-29/h6-7,9-10,12-15,21H,8,11H2,1-5H3,(H2,30,31)(H,32,36)/t21-/m0/s1. The minimum absolute atomic E-state index is 0.0256. The molecule has 1 amide bonds. The van der Waals surface area contributed by atoms with E-state index in [9.17, 15) is 4.79 Å². The van der Waals surface area contributed by atoms with Crippen LogP contribution in [-0.4, -0.2) is 43.7 Å². The molecule has 3 N–H and O–H groups in total. The Morgan fingerprint density at radius 2 is 1.87 bits per heavy atom. The first-order valence-corrected chi connectivity index (χ1v) is 12.9. The molecule has 1 fully saturated rings. The number of carbonyl (C=O) groups is 1. The summed E-state index contributed by atoms with van der Waals surface area (Å²) in [6, 6.07) is 13.9. The molecule has 4 aromatic rings. The molecule has 1 aromatic carbocycles. The van der Waals surface area contributed by atoms with Crippen LogP contribution >= 0.6 is 0 Å². The Morgan fingerprint density at radius 3 is 2.58 bits per heavy atom. The van der Waals surface area contributed by atoms with Crippen LogP contribution in [0.25, 0.3) is 28.2 Å². The smallest absolute Gasteiger partial charge is 0.398 e. The Bertz CT molecular complexity index is 1560. The largest absolute Gasteiger partial charge is 0.514 e. The fourth-order valence-corrected chi connectivity index (χ4v) is 5.24. The van der Waals surface area contributed by atoms with Gasteiger partial charge in [-0.3, -0.25) is 9.36 Å². The van der Waals surface area contributed by atoms with Crippen LogP contribution in [-0.2, 0) is 20.5 Å². The van der Waals surface area contributed by atoms with Crippen LogP contribution < -0.4 is 16.6 Å². The van der Waals surface area contributed by atoms with E-state index in [4.69, 9.17) is 25.0 Å². The number of nitrogens with two attached hydrogens (primary N) is 1. The summed E-state index contributed by atoms with van der Waals surface area (Å²) in [5.41, 5.74) is 11.4. The zero-order valence-corrected chi connectivity index (χ0v) is 22.3. The molecule has 0 spiro atoms. The number of hydrogen-bond acceptors (Lipinski definition) is 7. The minimum atomic E-state index is -0.599. The van der Waals surface area contributed by atoms with Crippen molar-refractivity contribution in [1.82, 2.24) is 24.8 Å². The number of anilines is 1. The van der Waals surface area contributed by atoms with Crippen molar-refractivity contribution in [2.75, 3.05) is 5.73 Å². The van der Waals surface area contributed by atoms with Gasteiger partial charge in [-0.05, 0) is 88.1 Å². The Labute approximate surface area is 221 Å². The maximum atomic E-state index is 11.7. The quantitative estimate of drug-likeness (QED) is 0.404. The summed E-state index contributed by atoms with van der Waals surface area (Å²) in [4.78, 5) is 25.9. The van der Waals surface area contributed by atoms with Gasteiger partial charge < -0.3 is 20.4 Å². The van der Waals surface area contributed by atoms with Crippen molar-refractivity contribution in [3.63, 3.8) is 0 Å². The van der Waals surface area contributed by atoms with Crippen LogP contribution in [0, 0.1) is 0 Å². The Balaban J connectivity index is 1.51. The van der Waals surface area contributed by atoms with Crippen molar-refractivity contribution in [3.8, 4) is 17.1 Å². The normalized spacial score (nSPS) is 19.6. The summed E-state index contributed by atoms with van der Waals surface area (Å²) < 4.78 is 14.6. The van der Waals surface area contributed by atoms with Crippen LogP contribution in [0.4, 0.5) is 5.82 Å². The third-order valence-electron chi connectivity index (χ3n) is 7.94. The van der Waals surface area contributed by atoms with Gasteiger partial charge in [-0.25, -0.2) is 15.0 Å². The number of imidazole rings is 1. The molecular formula is C28H31BN6O3. The zero-order chi connectivity index (χ0) is 26.8. The van der Waals surface area contributed by atoms with Crippen molar-refractivity contribution in [2.24, 2.45) is 0 Å². The second kappa shape index (κ2) is 8.64. The topological polar surface area (TPSA) is 117 Å². The number of fused-ring (bicyclic) bond motifs is 2. The molecule has 1 atom stereocenters. The number of carbonyl (C=O) groups excluding carboxylic acids is 1. The first-order valence-electron chi connectivity index (χ1n) is 12.9. The molecule has 0 radical (unpaired) electrons. The van der Waals surface area contributed by atoms with Crippen molar-refractivity contribution in [1.29, 1.82) is 0 Å². The number of nitrogen functional groups attached to an aromatic ring is 1. The van der Waals surface area contributed by atoms with Crippen LogP contribution in [0.3, 0.4) is 0 Å². The van der Waals surface area contributed by atoms with E-state index in [1.54, 1.807) is 13.1 Å². The second-order valence-electron chi connectivity index (χ2n) is 11.0. The molecule has 38 heavy (non-hydrogen) atoms. The molecule has 194 valence electrons. The lowest BCUT2D eigenvalue weighted by molar-refractivity contribution is -0.119. The minimum Gasteiger partial charge on any atom is -0.398 e. The van der Waals surface area contributed by atoms with Gasteiger partial charge in [0.05, 0.1) is 28.4 Å². The highest BCUT2D eigenvalue weighted by Gasteiger charge is 2.52. The molecule has 2 aliphatic rings. The summed E-state index contributed by atoms with van der Waals surface area (Å²) in [5, 5.41) is 3.06. The fourth-order valence-electron chi connectivity index (χ4n) is 5.24. The molecule has 4 heterocycles. The highest BCUT2D eigenvalue weighted by Crippen LogP contribution is 2.38. The third kappa shape index (κ3) is 3.95. The van der Waals surface area contributed by atoms with Gasteiger partial charge >= 0.3 is 7.12 Å². The van der Waals surface area contributed by atoms with Crippen LogP contribution in [0.2, 0.25) is 0 Å². The van der Waals surface area contributed by atoms with Gasteiger partial charge in [0.2, 0.25) is 5.91 Å². The van der Waals surface area contributed by atoms with Gasteiger partial charge in [0.25, 0.3) is 0 Å². The van der Waals surface area contributed by atoms with E-state index in [1.807, 2.05) is 62.6 Å². The highest BCUT2D eigenvalue weighted by atomic mass is 16.7. The van der Waals surface area contributed by atoms with Crippen LogP contribution in [0.5, 0.6) is 0 Å². The monoisotopic (exact) mass is 510 g/mol. The van der Waals surface area contributed by atoms with Gasteiger partial charge in [0.15, 0.2) is 11.5 Å². The number of nitrogens with one attached hydrogen (secondary N) is 1. The van der Waals surface area contributed by atoms with Gasteiger partial charge in [-0.2, -0.15) is 0 Å². The fraction of sp³-hybridized carbons (Fsp3) is 0.357. The third-order valence-corrected chi connectivity index (χ3v) is 7.94. The van der Waals surface area contributed by atoms with Gasteiger partial charge in [-0.1, -0.05) is 6.07 Å².